The second-order valence-corrected chi connectivity index (χ2v) is 2.80. The van der Waals surface area contributed by atoms with Gasteiger partial charge in [0.05, 0.1) is 26.4 Å². The second-order valence-electron chi connectivity index (χ2n) is 1.28. The topological polar surface area (TPSA) is 27.7 Å². The minimum Gasteiger partial charge on any atom is -0.377 e. The van der Waals surface area contributed by atoms with Crippen LogP contribution in [0.15, 0.2) is 0 Å². The van der Waals surface area contributed by atoms with Gasteiger partial charge in [-0.3, -0.25) is 0 Å². The fourth-order valence-electron chi connectivity index (χ4n) is 0.440. The number of hydrogen-bond acceptors (Lipinski definition) is 3. The van der Waals surface area contributed by atoms with Gasteiger partial charge in [0.2, 0.25) is 0 Å². The normalized spacial score (nSPS) is 16.2. The maximum atomic E-state index is 4.94. The van der Waals surface area contributed by atoms with Crippen LogP contribution in [-0.2, 0) is 12.4 Å². The quantitative estimate of drug-likeness (QED) is 0.621. The molecule has 0 aromatic heterocycles. The maximum absolute atomic E-state index is 4.94. The first kappa shape index (κ1) is 13.9. The van der Waals surface area contributed by atoms with E-state index < -0.39 is 0 Å². The van der Waals surface area contributed by atoms with Crippen LogP contribution in [0.4, 0.5) is 0 Å². The van der Waals surface area contributed by atoms with Gasteiger partial charge in [0.15, 0.2) is 0 Å². The van der Waals surface area contributed by atoms with Gasteiger partial charge >= 0.3 is 0 Å². The molecule has 1 saturated heterocycles. The van der Waals surface area contributed by atoms with Crippen LogP contribution in [0.5, 0.6) is 0 Å². The molecule has 3 nitrogen and oxygen atoms in total. The van der Waals surface area contributed by atoms with Crippen LogP contribution in [0.3, 0.4) is 0 Å². The molecule has 0 amide bonds. The molecule has 0 saturated carbocycles. The van der Waals surface area contributed by atoms with Gasteiger partial charge in [-0.25, -0.2) is 2.92 Å². The molecule has 6 heteroatoms. The first-order chi connectivity index (χ1) is 4.41. The SMILES string of the molecule is BrOBr.C1COCCO1.[Se]. The van der Waals surface area contributed by atoms with Crippen LogP contribution in [-0.4, -0.2) is 43.5 Å². The molecule has 0 aromatic rings. The van der Waals surface area contributed by atoms with E-state index in [4.69, 9.17) is 9.47 Å². The van der Waals surface area contributed by atoms with Gasteiger partial charge in [0.25, 0.3) is 0 Å². The Bertz CT molecular complexity index is 42.3. The van der Waals surface area contributed by atoms with Crippen molar-refractivity contribution >= 4 is 49.6 Å². The number of ether oxygens (including phenoxy) is 2. The van der Waals surface area contributed by atoms with Crippen molar-refractivity contribution in [2.45, 2.75) is 0 Å². The molecule has 0 bridgehead atoms. The molecule has 0 N–H and O–H groups in total. The van der Waals surface area contributed by atoms with Gasteiger partial charge in [-0.05, 0) is 0 Å². The zero-order valence-corrected chi connectivity index (χ0v) is 10.1. The molecule has 1 aliphatic rings. The predicted octanol–water partition coefficient (Wildman–Crippen LogP) is 1.28. The molecule has 0 atom stereocenters. The zero-order chi connectivity index (χ0) is 6.95. The summed E-state index contributed by atoms with van der Waals surface area (Å²) >= 11 is 5.12. The Morgan fingerprint density at radius 2 is 1.10 bits per heavy atom. The van der Waals surface area contributed by atoms with E-state index in [1.807, 2.05) is 0 Å². The summed E-state index contributed by atoms with van der Waals surface area (Å²) in [5.74, 6) is 0. The second kappa shape index (κ2) is 13.0. The summed E-state index contributed by atoms with van der Waals surface area (Å²) < 4.78 is 13.8. The third-order valence-electron chi connectivity index (χ3n) is 0.744. The van der Waals surface area contributed by atoms with E-state index in [1.54, 1.807) is 0 Å². The monoisotopic (exact) mass is 342 g/mol. The number of halogens is 2. The van der Waals surface area contributed by atoms with E-state index in [2.05, 4.69) is 35.4 Å². The van der Waals surface area contributed by atoms with Crippen molar-refractivity contribution in [1.29, 1.82) is 0 Å². The van der Waals surface area contributed by atoms with Gasteiger partial charge in [0.1, 0.15) is 32.5 Å². The van der Waals surface area contributed by atoms with Crippen LogP contribution in [0.1, 0.15) is 0 Å². The van der Waals surface area contributed by atoms with E-state index in [9.17, 15) is 0 Å². The van der Waals surface area contributed by atoms with E-state index >= 15 is 0 Å². The molecule has 1 heterocycles. The molecule has 62 valence electrons. The molecule has 0 unspecified atom stereocenters. The van der Waals surface area contributed by atoms with Crippen LogP contribution < -0.4 is 0 Å². The van der Waals surface area contributed by atoms with E-state index in [-0.39, 0.29) is 17.1 Å². The van der Waals surface area contributed by atoms with Crippen molar-refractivity contribution < 1.29 is 12.4 Å². The van der Waals surface area contributed by atoms with Gasteiger partial charge in [-0.15, -0.1) is 0 Å². The fourth-order valence-corrected chi connectivity index (χ4v) is 0.440. The summed E-state index contributed by atoms with van der Waals surface area (Å²) in [6, 6.07) is 0. The molecule has 2 radical (unpaired) electrons. The average molecular weight is 343 g/mol. The first-order valence-corrected chi connectivity index (χ1v) is 3.76. The van der Waals surface area contributed by atoms with Crippen LogP contribution in [0, 0.1) is 0 Å². The third-order valence-corrected chi connectivity index (χ3v) is 0.744. The Morgan fingerprint density at radius 1 is 0.900 bits per heavy atom. The zero-order valence-electron chi connectivity index (χ0n) is 5.22. The summed E-state index contributed by atoms with van der Waals surface area (Å²) in [4.78, 5) is 0. The van der Waals surface area contributed by atoms with E-state index in [0.29, 0.717) is 0 Å². The predicted molar refractivity (Wildman–Crippen MR) is 46.3 cm³/mol. The van der Waals surface area contributed by atoms with Crippen LogP contribution in [0.2, 0.25) is 0 Å². The van der Waals surface area contributed by atoms with Gasteiger partial charge in [-0.1, -0.05) is 0 Å². The fraction of sp³-hybridized carbons (Fsp3) is 1.00. The molecule has 1 fully saturated rings. The van der Waals surface area contributed by atoms with Gasteiger partial charge in [-0.2, -0.15) is 0 Å². The summed E-state index contributed by atoms with van der Waals surface area (Å²) in [6.07, 6.45) is 0. The molecule has 0 aromatic carbocycles. The minimum absolute atomic E-state index is 0. The van der Waals surface area contributed by atoms with Crippen LogP contribution >= 0.6 is 32.5 Å². The Labute approximate surface area is 88.2 Å². The van der Waals surface area contributed by atoms with Crippen molar-refractivity contribution in [2.75, 3.05) is 26.4 Å². The molecular formula is C4H8Br2O3Se. The smallest absolute Gasteiger partial charge is 0.115 e. The standard InChI is InChI=1S/C4H8O2.Br2O.Se/c1-2-6-4-3-5-1;1-3-2;/h1-4H2;;. The van der Waals surface area contributed by atoms with E-state index in [1.165, 1.54) is 0 Å². The third kappa shape index (κ3) is 12.1. The summed E-state index contributed by atoms with van der Waals surface area (Å²) in [7, 11) is 0. The summed E-state index contributed by atoms with van der Waals surface area (Å²) in [5.41, 5.74) is 0. The number of hydrogen-bond donors (Lipinski definition) is 0. The van der Waals surface area contributed by atoms with Crippen molar-refractivity contribution in [2.24, 2.45) is 0 Å². The molecule has 0 aliphatic carbocycles. The van der Waals surface area contributed by atoms with E-state index in [0.717, 1.165) is 26.4 Å². The van der Waals surface area contributed by atoms with Crippen molar-refractivity contribution in [1.82, 2.24) is 0 Å². The van der Waals surface area contributed by atoms with Crippen molar-refractivity contribution in [3.05, 3.63) is 0 Å². The Hall–Kier alpha value is 1.36. The minimum atomic E-state index is 0. The molecule has 10 heavy (non-hydrogen) atoms. The molecule has 0 spiro atoms. The number of rotatable bonds is 0. The molecule has 1 aliphatic heterocycles. The summed E-state index contributed by atoms with van der Waals surface area (Å²) in [6.45, 7) is 3.11. The Kier molecular flexibility index (Phi) is 18.1. The maximum Gasteiger partial charge on any atom is 0.115 e. The largest absolute Gasteiger partial charge is 0.377 e. The molecular weight excluding hydrogens is 335 g/mol. The average Bonchev–Trinajstić information content (AvgIpc) is 1.93. The Balaban J connectivity index is 0. The molecule has 1 rings (SSSR count). The van der Waals surface area contributed by atoms with Crippen molar-refractivity contribution in [3.63, 3.8) is 0 Å². The van der Waals surface area contributed by atoms with Crippen molar-refractivity contribution in [3.8, 4) is 0 Å². The van der Waals surface area contributed by atoms with Gasteiger partial charge < -0.3 is 9.47 Å². The first-order valence-electron chi connectivity index (χ1n) is 2.46. The summed E-state index contributed by atoms with van der Waals surface area (Å²) in [5, 5.41) is 0. The Morgan fingerprint density at radius 3 is 1.20 bits per heavy atom. The van der Waals surface area contributed by atoms with Gasteiger partial charge in [0, 0.05) is 17.1 Å². The van der Waals surface area contributed by atoms with Crippen LogP contribution in [0.25, 0.3) is 0 Å².